The van der Waals surface area contributed by atoms with Crippen molar-refractivity contribution in [1.82, 2.24) is 15.0 Å². The van der Waals surface area contributed by atoms with Crippen molar-refractivity contribution in [1.29, 1.82) is 0 Å². The maximum atomic E-state index is 9.71. The maximum Gasteiger partial charge on any atom is 0.203 e. The lowest BCUT2D eigenvalue weighted by molar-refractivity contribution is 0.446. The van der Waals surface area contributed by atoms with Gasteiger partial charge >= 0.3 is 0 Å². The van der Waals surface area contributed by atoms with Crippen molar-refractivity contribution in [2.75, 3.05) is 6.26 Å². The molecular weight excluding hydrogens is 230 g/mol. The Morgan fingerprint density at radius 1 is 1.47 bits per heavy atom. The average molecular weight is 237 g/mol. The van der Waals surface area contributed by atoms with Crippen LogP contribution in [-0.2, 0) is 0 Å². The Kier molecular flexibility index (Phi) is 1.86. The van der Waals surface area contributed by atoms with Crippen LogP contribution in [0.25, 0.3) is 21.3 Å². The van der Waals surface area contributed by atoms with Crippen LogP contribution < -0.4 is 0 Å². The fraction of sp³-hybridized carbons (Fsp3) is 0.111. The number of thiazole rings is 1. The smallest absolute Gasteiger partial charge is 0.203 e. The first-order valence-electron chi connectivity index (χ1n) is 4.28. The molecule has 0 spiro atoms. The van der Waals surface area contributed by atoms with Crippen LogP contribution in [0, 0.1) is 0 Å². The summed E-state index contributed by atoms with van der Waals surface area (Å²) in [6, 6.07) is 0. The van der Waals surface area contributed by atoms with Crippen LogP contribution in [0.15, 0.2) is 16.6 Å². The molecule has 0 radical (unpaired) electrons. The molecule has 0 unspecified atom stereocenters. The van der Waals surface area contributed by atoms with Crippen molar-refractivity contribution < 1.29 is 5.11 Å². The van der Waals surface area contributed by atoms with Crippen molar-refractivity contribution in [3.05, 3.63) is 11.7 Å². The molecule has 0 aliphatic heterocycles. The van der Waals surface area contributed by atoms with E-state index in [1.165, 1.54) is 11.8 Å². The zero-order chi connectivity index (χ0) is 10.4. The van der Waals surface area contributed by atoms with E-state index < -0.39 is 0 Å². The zero-order valence-electron chi connectivity index (χ0n) is 7.81. The molecule has 4 nitrogen and oxygen atoms in total. The highest BCUT2D eigenvalue weighted by molar-refractivity contribution is 7.99. The van der Waals surface area contributed by atoms with Crippen LogP contribution in [0.4, 0.5) is 0 Å². The third-order valence-corrected chi connectivity index (χ3v) is 3.90. The van der Waals surface area contributed by atoms with Gasteiger partial charge in [0.15, 0.2) is 5.65 Å². The number of aromatic nitrogens is 3. The predicted molar refractivity (Wildman–Crippen MR) is 62.7 cm³/mol. The van der Waals surface area contributed by atoms with Crippen molar-refractivity contribution in [3.8, 4) is 5.88 Å². The van der Waals surface area contributed by atoms with Gasteiger partial charge in [-0.2, -0.15) is 0 Å². The minimum atomic E-state index is 0.209. The average Bonchev–Trinajstić information content (AvgIpc) is 2.78. The molecule has 2 N–H and O–H groups in total. The number of aromatic amines is 1. The van der Waals surface area contributed by atoms with E-state index in [1.807, 2.05) is 6.26 Å². The second-order valence-electron chi connectivity index (χ2n) is 3.06. The monoisotopic (exact) mass is 237 g/mol. The van der Waals surface area contributed by atoms with E-state index in [4.69, 9.17) is 0 Å². The van der Waals surface area contributed by atoms with Gasteiger partial charge in [0.05, 0.1) is 26.8 Å². The number of aromatic hydroxyl groups is 1. The standard InChI is InChI=1S/C9H7N3OS2/c1-14-7-5-4(12-9(7)13)2-10-8-6(5)15-3-11-8/h2-3,12-13H,1H3. The summed E-state index contributed by atoms with van der Waals surface area (Å²) >= 11 is 3.06. The molecular formula is C9H7N3OS2. The van der Waals surface area contributed by atoms with Crippen molar-refractivity contribution in [2.45, 2.75) is 4.90 Å². The Balaban J connectivity index is 2.58. The molecule has 3 rings (SSSR count). The quantitative estimate of drug-likeness (QED) is 0.639. The van der Waals surface area contributed by atoms with Crippen molar-refractivity contribution >= 4 is 44.3 Å². The minimum absolute atomic E-state index is 0.209. The van der Waals surface area contributed by atoms with Crippen LogP contribution in [0.3, 0.4) is 0 Å². The highest BCUT2D eigenvalue weighted by Gasteiger charge is 2.14. The Morgan fingerprint density at radius 3 is 3.13 bits per heavy atom. The molecule has 3 aromatic heterocycles. The first-order valence-corrected chi connectivity index (χ1v) is 6.38. The van der Waals surface area contributed by atoms with Gasteiger partial charge in [0.1, 0.15) is 0 Å². The Morgan fingerprint density at radius 2 is 2.33 bits per heavy atom. The lowest BCUT2D eigenvalue weighted by atomic mass is 10.3. The highest BCUT2D eigenvalue weighted by atomic mass is 32.2. The van der Waals surface area contributed by atoms with Gasteiger partial charge in [0.2, 0.25) is 5.88 Å². The van der Waals surface area contributed by atoms with E-state index in [9.17, 15) is 5.11 Å². The predicted octanol–water partition coefficient (Wildman–Crippen LogP) is 2.60. The second-order valence-corrected chi connectivity index (χ2v) is 4.73. The van der Waals surface area contributed by atoms with E-state index in [0.29, 0.717) is 0 Å². The summed E-state index contributed by atoms with van der Waals surface area (Å²) in [5, 5.41) is 10.7. The van der Waals surface area contributed by atoms with E-state index in [0.717, 1.165) is 26.1 Å². The van der Waals surface area contributed by atoms with E-state index in [-0.39, 0.29) is 5.88 Å². The fourth-order valence-corrected chi connectivity index (χ4v) is 3.16. The van der Waals surface area contributed by atoms with Crippen LogP contribution in [0.2, 0.25) is 0 Å². The first-order chi connectivity index (χ1) is 7.31. The summed E-state index contributed by atoms with van der Waals surface area (Å²) in [4.78, 5) is 12.1. The summed E-state index contributed by atoms with van der Waals surface area (Å²) in [5.41, 5.74) is 3.36. The lowest BCUT2D eigenvalue weighted by Gasteiger charge is -1.94. The largest absolute Gasteiger partial charge is 0.494 e. The number of H-pyrrole nitrogens is 1. The molecule has 3 aromatic rings. The third-order valence-electron chi connectivity index (χ3n) is 2.26. The number of thioether (sulfide) groups is 1. The van der Waals surface area contributed by atoms with Gasteiger partial charge in [0, 0.05) is 5.39 Å². The normalized spacial score (nSPS) is 11.5. The summed E-state index contributed by atoms with van der Waals surface area (Å²) < 4.78 is 1.02. The first kappa shape index (κ1) is 8.99. The van der Waals surface area contributed by atoms with E-state index in [1.54, 1.807) is 23.0 Å². The molecule has 0 atom stereocenters. The van der Waals surface area contributed by atoms with Gasteiger partial charge in [-0.05, 0) is 6.26 Å². The second kappa shape index (κ2) is 3.11. The molecule has 0 bridgehead atoms. The molecule has 76 valence electrons. The van der Waals surface area contributed by atoms with Gasteiger partial charge in [-0.3, -0.25) is 0 Å². The number of pyridine rings is 1. The maximum absolute atomic E-state index is 9.71. The molecule has 0 aromatic carbocycles. The van der Waals surface area contributed by atoms with Crippen LogP contribution in [-0.4, -0.2) is 26.3 Å². The summed E-state index contributed by atoms with van der Waals surface area (Å²) in [6.07, 6.45) is 3.65. The number of fused-ring (bicyclic) bond motifs is 3. The van der Waals surface area contributed by atoms with Gasteiger partial charge in [-0.15, -0.1) is 23.1 Å². The topological polar surface area (TPSA) is 61.8 Å². The molecule has 0 saturated heterocycles. The van der Waals surface area contributed by atoms with Gasteiger partial charge in [-0.25, -0.2) is 9.97 Å². The molecule has 0 aliphatic carbocycles. The lowest BCUT2D eigenvalue weighted by Crippen LogP contribution is -1.76. The third kappa shape index (κ3) is 1.15. The fourth-order valence-electron chi connectivity index (χ4n) is 1.64. The SMILES string of the molecule is CSc1c(O)[nH]c2cnc3ncsc3c12. The molecule has 0 saturated carbocycles. The zero-order valence-corrected chi connectivity index (χ0v) is 9.45. The number of rotatable bonds is 1. The van der Waals surface area contributed by atoms with Gasteiger partial charge < -0.3 is 10.1 Å². The molecule has 0 fully saturated rings. The van der Waals surface area contributed by atoms with Crippen molar-refractivity contribution in [2.24, 2.45) is 0 Å². The number of hydrogen-bond acceptors (Lipinski definition) is 5. The highest BCUT2D eigenvalue weighted by Crippen LogP contribution is 2.39. The van der Waals surface area contributed by atoms with Crippen LogP contribution in [0.1, 0.15) is 0 Å². The Hall–Kier alpha value is -1.27. The number of hydrogen-bond donors (Lipinski definition) is 2. The molecule has 15 heavy (non-hydrogen) atoms. The molecule has 0 amide bonds. The van der Waals surface area contributed by atoms with Crippen LogP contribution >= 0.6 is 23.1 Å². The summed E-state index contributed by atoms with van der Waals surface area (Å²) in [5.74, 6) is 0.209. The Bertz CT molecular complexity index is 643. The van der Waals surface area contributed by atoms with Gasteiger partial charge in [-0.1, -0.05) is 0 Å². The summed E-state index contributed by atoms with van der Waals surface area (Å²) in [6.45, 7) is 0. The Labute approximate surface area is 93.4 Å². The van der Waals surface area contributed by atoms with E-state index in [2.05, 4.69) is 15.0 Å². The van der Waals surface area contributed by atoms with Crippen LogP contribution in [0.5, 0.6) is 5.88 Å². The number of nitrogens with zero attached hydrogens (tertiary/aromatic N) is 2. The molecule has 6 heteroatoms. The minimum Gasteiger partial charge on any atom is -0.494 e. The molecule has 3 heterocycles. The molecule has 0 aliphatic rings. The van der Waals surface area contributed by atoms with Gasteiger partial charge in [0.25, 0.3) is 0 Å². The summed E-state index contributed by atoms with van der Waals surface area (Å²) in [7, 11) is 0. The van der Waals surface area contributed by atoms with E-state index >= 15 is 0 Å². The van der Waals surface area contributed by atoms with Crippen molar-refractivity contribution in [3.63, 3.8) is 0 Å². The number of nitrogens with one attached hydrogen (secondary N) is 1.